The minimum absolute atomic E-state index is 0.126. The second-order valence-electron chi connectivity index (χ2n) is 3.69. The fraction of sp³-hybridized carbons (Fsp3) is 0.200. The number of carbonyl (C=O) groups is 2. The summed E-state index contributed by atoms with van der Waals surface area (Å²) in [6, 6.07) is 4.09. The molecule has 1 rings (SSSR count). The van der Waals surface area contributed by atoms with Gasteiger partial charge in [0, 0.05) is 0 Å². The van der Waals surface area contributed by atoms with Crippen molar-refractivity contribution in [2.75, 3.05) is 16.3 Å². The summed E-state index contributed by atoms with van der Waals surface area (Å²) >= 11 is 5.81. The minimum atomic E-state index is -3.45. The van der Waals surface area contributed by atoms with E-state index < -0.39 is 28.3 Å². The van der Waals surface area contributed by atoms with Gasteiger partial charge in [-0.05, 0) is 18.2 Å². The number of sulfonamides is 1. The van der Waals surface area contributed by atoms with E-state index in [-0.39, 0.29) is 16.4 Å². The number of hydrogen-bond acceptors (Lipinski definition) is 4. The van der Waals surface area contributed by atoms with Crippen molar-refractivity contribution in [3.8, 4) is 0 Å². The van der Waals surface area contributed by atoms with Crippen LogP contribution < -0.4 is 10.0 Å². The predicted molar refractivity (Wildman–Crippen MR) is 70.8 cm³/mol. The second kappa shape index (κ2) is 5.89. The predicted octanol–water partition coefficient (Wildman–Crippen LogP) is 1.12. The van der Waals surface area contributed by atoms with E-state index in [4.69, 9.17) is 16.7 Å². The highest BCUT2D eigenvalue weighted by Gasteiger charge is 2.11. The molecule has 0 aliphatic heterocycles. The Labute approximate surface area is 114 Å². The van der Waals surface area contributed by atoms with Gasteiger partial charge in [0.2, 0.25) is 15.9 Å². The first-order valence-electron chi connectivity index (χ1n) is 4.96. The molecule has 3 N–H and O–H groups in total. The topological polar surface area (TPSA) is 113 Å². The molecule has 0 saturated heterocycles. The Hall–Kier alpha value is -1.80. The Morgan fingerprint density at radius 1 is 1.37 bits per heavy atom. The maximum atomic E-state index is 11.3. The Kier molecular flexibility index (Phi) is 4.73. The van der Waals surface area contributed by atoms with Crippen LogP contribution in [0.15, 0.2) is 18.2 Å². The maximum Gasteiger partial charge on any atom is 0.312 e. The zero-order valence-corrected chi connectivity index (χ0v) is 11.4. The number of nitrogens with one attached hydrogen (secondary N) is 2. The molecular formula is C10H11ClN2O5S. The fourth-order valence-electron chi connectivity index (χ4n) is 1.23. The number of hydrogen-bond donors (Lipinski definition) is 3. The number of halogens is 1. The first-order chi connectivity index (χ1) is 8.67. The Morgan fingerprint density at radius 2 is 2.00 bits per heavy atom. The average Bonchev–Trinajstić information content (AvgIpc) is 2.19. The SMILES string of the molecule is CS(=O)(=O)Nc1ccc(Cl)c(NC(=O)CC(=O)O)c1. The summed E-state index contributed by atoms with van der Waals surface area (Å²) in [5, 5.41) is 10.9. The molecule has 0 unspecified atom stereocenters. The molecule has 0 saturated carbocycles. The van der Waals surface area contributed by atoms with Gasteiger partial charge in [0.25, 0.3) is 0 Å². The van der Waals surface area contributed by atoms with Crippen LogP contribution in [0.2, 0.25) is 5.02 Å². The quantitative estimate of drug-likeness (QED) is 0.706. The first kappa shape index (κ1) is 15.3. The van der Waals surface area contributed by atoms with Crippen LogP contribution in [-0.2, 0) is 19.6 Å². The van der Waals surface area contributed by atoms with Gasteiger partial charge < -0.3 is 10.4 Å². The smallest absolute Gasteiger partial charge is 0.312 e. The van der Waals surface area contributed by atoms with E-state index in [1.807, 2.05) is 0 Å². The molecule has 0 aliphatic rings. The molecule has 104 valence electrons. The first-order valence-corrected chi connectivity index (χ1v) is 7.23. The van der Waals surface area contributed by atoms with Gasteiger partial charge in [0.15, 0.2) is 0 Å². The molecule has 7 nitrogen and oxygen atoms in total. The van der Waals surface area contributed by atoms with E-state index in [2.05, 4.69) is 10.0 Å². The number of anilines is 2. The van der Waals surface area contributed by atoms with Crippen molar-refractivity contribution in [2.45, 2.75) is 6.42 Å². The molecule has 1 aromatic carbocycles. The summed E-state index contributed by atoms with van der Waals surface area (Å²) in [7, 11) is -3.45. The van der Waals surface area contributed by atoms with Gasteiger partial charge in [-0.2, -0.15) is 0 Å². The molecule has 0 aliphatic carbocycles. The number of amides is 1. The number of carbonyl (C=O) groups excluding carboxylic acids is 1. The van der Waals surface area contributed by atoms with Crippen molar-refractivity contribution in [2.24, 2.45) is 0 Å². The Morgan fingerprint density at radius 3 is 2.53 bits per heavy atom. The Balaban J connectivity index is 2.91. The van der Waals surface area contributed by atoms with Gasteiger partial charge in [0.1, 0.15) is 6.42 Å². The highest BCUT2D eigenvalue weighted by molar-refractivity contribution is 7.92. The van der Waals surface area contributed by atoms with Crippen LogP contribution >= 0.6 is 11.6 Å². The lowest BCUT2D eigenvalue weighted by Crippen LogP contribution is -2.16. The third-order valence-electron chi connectivity index (χ3n) is 1.86. The summed E-state index contributed by atoms with van der Waals surface area (Å²) in [5.74, 6) is -2.04. The van der Waals surface area contributed by atoms with Crippen molar-refractivity contribution < 1.29 is 23.1 Å². The largest absolute Gasteiger partial charge is 0.481 e. The molecule has 0 heterocycles. The molecule has 0 fully saturated rings. The third kappa shape index (κ3) is 5.58. The normalized spacial score (nSPS) is 10.8. The average molecular weight is 307 g/mol. The van der Waals surface area contributed by atoms with E-state index in [1.54, 1.807) is 0 Å². The molecule has 19 heavy (non-hydrogen) atoms. The van der Waals surface area contributed by atoms with E-state index >= 15 is 0 Å². The summed E-state index contributed by atoms with van der Waals surface area (Å²) in [4.78, 5) is 21.6. The third-order valence-corrected chi connectivity index (χ3v) is 2.79. The maximum absolute atomic E-state index is 11.3. The molecule has 0 bridgehead atoms. The van der Waals surface area contributed by atoms with E-state index in [9.17, 15) is 18.0 Å². The molecule has 0 atom stereocenters. The fourth-order valence-corrected chi connectivity index (χ4v) is 1.95. The van der Waals surface area contributed by atoms with Gasteiger partial charge in [-0.25, -0.2) is 8.42 Å². The van der Waals surface area contributed by atoms with Gasteiger partial charge >= 0.3 is 5.97 Å². The van der Waals surface area contributed by atoms with Crippen LogP contribution in [0.4, 0.5) is 11.4 Å². The highest BCUT2D eigenvalue weighted by Crippen LogP contribution is 2.26. The van der Waals surface area contributed by atoms with E-state index in [0.717, 1.165) is 6.26 Å². The lowest BCUT2D eigenvalue weighted by molar-refractivity contribution is -0.139. The summed E-state index contributed by atoms with van der Waals surface area (Å²) < 4.78 is 24.3. The molecule has 0 aromatic heterocycles. The summed E-state index contributed by atoms with van der Waals surface area (Å²) in [5.41, 5.74) is 0.332. The zero-order chi connectivity index (χ0) is 14.6. The second-order valence-corrected chi connectivity index (χ2v) is 5.84. The minimum Gasteiger partial charge on any atom is -0.481 e. The zero-order valence-electron chi connectivity index (χ0n) is 9.81. The summed E-state index contributed by atoms with van der Waals surface area (Å²) in [6.07, 6.45) is 0.268. The molecule has 0 radical (unpaired) electrons. The van der Waals surface area contributed by atoms with E-state index in [0.29, 0.717) is 0 Å². The molecule has 1 aromatic rings. The van der Waals surface area contributed by atoms with Gasteiger partial charge in [-0.1, -0.05) is 11.6 Å². The Bertz CT molecular complexity index is 614. The molecule has 9 heteroatoms. The molecule has 0 spiro atoms. The monoisotopic (exact) mass is 306 g/mol. The van der Waals surface area contributed by atoms with Crippen LogP contribution in [0, 0.1) is 0 Å². The van der Waals surface area contributed by atoms with Crippen LogP contribution in [0.1, 0.15) is 6.42 Å². The molecule has 1 amide bonds. The van der Waals surface area contributed by atoms with Crippen molar-refractivity contribution in [1.82, 2.24) is 0 Å². The standard InChI is InChI=1S/C10H11ClN2O5S/c1-19(17,18)13-6-2-3-7(11)8(4-6)12-9(14)5-10(15)16/h2-4,13H,5H2,1H3,(H,12,14)(H,15,16). The van der Waals surface area contributed by atoms with Crippen molar-refractivity contribution in [3.05, 3.63) is 23.2 Å². The highest BCUT2D eigenvalue weighted by atomic mass is 35.5. The van der Waals surface area contributed by atoms with E-state index in [1.165, 1.54) is 18.2 Å². The molecular weight excluding hydrogens is 296 g/mol. The van der Waals surface area contributed by atoms with Gasteiger partial charge in [0.05, 0.1) is 22.7 Å². The number of benzene rings is 1. The number of rotatable bonds is 5. The van der Waals surface area contributed by atoms with Crippen molar-refractivity contribution in [3.63, 3.8) is 0 Å². The van der Waals surface area contributed by atoms with Crippen LogP contribution in [0.25, 0.3) is 0 Å². The number of carboxylic acids is 1. The summed E-state index contributed by atoms with van der Waals surface area (Å²) in [6.45, 7) is 0. The van der Waals surface area contributed by atoms with Gasteiger partial charge in [-0.3, -0.25) is 14.3 Å². The number of aliphatic carboxylic acids is 1. The van der Waals surface area contributed by atoms with Crippen LogP contribution in [0.5, 0.6) is 0 Å². The number of carboxylic acid groups (broad SMARTS) is 1. The lowest BCUT2D eigenvalue weighted by atomic mass is 10.2. The van der Waals surface area contributed by atoms with Crippen LogP contribution in [-0.4, -0.2) is 31.7 Å². The van der Waals surface area contributed by atoms with Gasteiger partial charge in [-0.15, -0.1) is 0 Å². The van der Waals surface area contributed by atoms with Crippen LogP contribution in [0.3, 0.4) is 0 Å². The van der Waals surface area contributed by atoms with Crippen molar-refractivity contribution >= 4 is 44.9 Å². The van der Waals surface area contributed by atoms with Crippen molar-refractivity contribution in [1.29, 1.82) is 0 Å². The lowest BCUT2D eigenvalue weighted by Gasteiger charge is -2.09.